The average molecular weight is 228 g/mol. The number of rotatable bonds is 0. The third-order valence-corrected chi connectivity index (χ3v) is 3.18. The molecule has 12 heavy (non-hydrogen) atoms. The van der Waals surface area contributed by atoms with Crippen LogP contribution in [-0.4, -0.2) is 10.4 Å². The molecule has 0 aromatic carbocycles. The first kappa shape index (κ1) is 8.05. The minimum Gasteiger partial charge on any atom is -0.342 e. The molecule has 0 saturated carbocycles. The van der Waals surface area contributed by atoms with Crippen molar-refractivity contribution < 1.29 is 4.79 Å². The molecular weight excluding hydrogens is 218 g/mol. The molecule has 0 bridgehead atoms. The molecule has 0 atom stereocenters. The van der Waals surface area contributed by atoms with Crippen LogP contribution in [0.25, 0.3) is 0 Å². The van der Waals surface area contributed by atoms with Gasteiger partial charge in [-0.2, -0.15) is 0 Å². The molecule has 0 amide bonds. The Balaban J connectivity index is 2.60. The standard InChI is InChI=1S/C9H10BrNO/c1-11-7-3-2-4-8(12)6(7)5-9(11)10/h5H,2-4H2,1H3. The van der Waals surface area contributed by atoms with Crippen LogP contribution in [-0.2, 0) is 13.5 Å². The van der Waals surface area contributed by atoms with E-state index in [2.05, 4.69) is 15.9 Å². The Hall–Kier alpha value is -0.570. The zero-order chi connectivity index (χ0) is 8.72. The van der Waals surface area contributed by atoms with Crippen LogP contribution in [0.4, 0.5) is 0 Å². The topological polar surface area (TPSA) is 22.0 Å². The van der Waals surface area contributed by atoms with Crippen LogP contribution in [0.3, 0.4) is 0 Å². The molecule has 0 spiro atoms. The Bertz CT molecular complexity index is 341. The van der Waals surface area contributed by atoms with E-state index in [1.165, 1.54) is 5.69 Å². The second-order valence-electron chi connectivity index (χ2n) is 3.16. The van der Waals surface area contributed by atoms with Crippen molar-refractivity contribution in [3.05, 3.63) is 21.9 Å². The van der Waals surface area contributed by atoms with Crippen molar-refractivity contribution in [2.24, 2.45) is 7.05 Å². The quantitative estimate of drug-likeness (QED) is 0.667. The van der Waals surface area contributed by atoms with Gasteiger partial charge in [-0.3, -0.25) is 4.79 Å². The smallest absolute Gasteiger partial charge is 0.164 e. The largest absolute Gasteiger partial charge is 0.342 e. The molecule has 1 aliphatic rings. The minimum absolute atomic E-state index is 0.289. The van der Waals surface area contributed by atoms with E-state index in [4.69, 9.17) is 0 Å². The summed E-state index contributed by atoms with van der Waals surface area (Å²) in [5, 5.41) is 0. The number of carbonyl (C=O) groups is 1. The fourth-order valence-corrected chi connectivity index (χ4v) is 2.15. The third kappa shape index (κ3) is 1.04. The highest BCUT2D eigenvalue weighted by molar-refractivity contribution is 9.10. The van der Waals surface area contributed by atoms with Gasteiger partial charge < -0.3 is 4.57 Å². The molecule has 2 rings (SSSR count). The number of ketones is 1. The molecule has 0 aliphatic heterocycles. The number of hydrogen-bond acceptors (Lipinski definition) is 1. The minimum atomic E-state index is 0.289. The second-order valence-corrected chi connectivity index (χ2v) is 3.98. The lowest BCUT2D eigenvalue weighted by molar-refractivity contribution is 0.0972. The van der Waals surface area contributed by atoms with Crippen LogP contribution in [0.2, 0.25) is 0 Å². The molecule has 1 aromatic heterocycles. The number of fused-ring (bicyclic) bond motifs is 1. The summed E-state index contributed by atoms with van der Waals surface area (Å²) in [6.45, 7) is 0. The van der Waals surface area contributed by atoms with Gasteiger partial charge in [0.2, 0.25) is 0 Å². The molecular formula is C9H10BrNO. The number of aromatic nitrogens is 1. The van der Waals surface area contributed by atoms with Crippen LogP contribution in [0.1, 0.15) is 28.9 Å². The van der Waals surface area contributed by atoms with Gasteiger partial charge in [0, 0.05) is 24.7 Å². The van der Waals surface area contributed by atoms with Crippen molar-refractivity contribution in [1.82, 2.24) is 4.57 Å². The van der Waals surface area contributed by atoms with Crippen molar-refractivity contribution in [3.8, 4) is 0 Å². The predicted octanol–water partition coefficient (Wildman–Crippen LogP) is 2.31. The molecule has 0 unspecified atom stereocenters. The highest BCUT2D eigenvalue weighted by Gasteiger charge is 2.21. The van der Waals surface area contributed by atoms with E-state index < -0.39 is 0 Å². The Morgan fingerprint density at radius 1 is 1.50 bits per heavy atom. The molecule has 2 nitrogen and oxygen atoms in total. The molecule has 1 aromatic rings. The molecule has 1 aliphatic carbocycles. The van der Waals surface area contributed by atoms with E-state index in [0.717, 1.165) is 23.0 Å². The van der Waals surface area contributed by atoms with Gasteiger partial charge in [0.15, 0.2) is 5.78 Å². The van der Waals surface area contributed by atoms with Crippen LogP contribution >= 0.6 is 15.9 Å². The van der Waals surface area contributed by atoms with Crippen molar-refractivity contribution in [1.29, 1.82) is 0 Å². The van der Waals surface area contributed by atoms with Gasteiger partial charge in [-0.25, -0.2) is 0 Å². The summed E-state index contributed by atoms with van der Waals surface area (Å²) in [5.41, 5.74) is 2.09. The van der Waals surface area contributed by atoms with E-state index in [0.29, 0.717) is 6.42 Å². The lowest BCUT2D eigenvalue weighted by Gasteiger charge is -2.11. The van der Waals surface area contributed by atoms with Crippen molar-refractivity contribution >= 4 is 21.7 Å². The van der Waals surface area contributed by atoms with Crippen molar-refractivity contribution in [3.63, 3.8) is 0 Å². The summed E-state index contributed by atoms with van der Waals surface area (Å²) in [5.74, 6) is 0.289. The van der Waals surface area contributed by atoms with E-state index in [1.54, 1.807) is 0 Å². The first-order valence-corrected chi connectivity index (χ1v) is 4.86. The molecule has 0 radical (unpaired) electrons. The number of nitrogens with zero attached hydrogens (tertiary/aromatic N) is 1. The van der Waals surface area contributed by atoms with Gasteiger partial charge >= 0.3 is 0 Å². The third-order valence-electron chi connectivity index (χ3n) is 2.42. The lowest BCUT2D eigenvalue weighted by atomic mass is 9.97. The number of hydrogen-bond donors (Lipinski definition) is 0. The SMILES string of the molecule is Cn1c(Br)cc2c1CCCC2=O. The summed E-state index contributed by atoms with van der Waals surface area (Å²) >= 11 is 3.41. The highest BCUT2D eigenvalue weighted by atomic mass is 79.9. The monoisotopic (exact) mass is 227 g/mol. The molecule has 3 heteroatoms. The Kier molecular flexibility index (Phi) is 1.83. The Morgan fingerprint density at radius 3 is 2.92 bits per heavy atom. The zero-order valence-corrected chi connectivity index (χ0v) is 8.52. The van der Waals surface area contributed by atoms with Gasteiger partial charge in [0.05, 0.1) is 4.60 Å². The predicted molar refractivity (Wildman–Crippen MR) is 50.4 cm³/mol. The van der Waals surface area contributed by atoms with Crippen LogP contribution in [0.5, 0.6) is 0 Å². The van der Waals surface area contributed by atoms with Crippen molar-refractivity contribution in [2.45, 2.75) is 19.3 Å². The Morgan fingerprint density at radius 2 is 2.25 bits per heavy atom. The summed E-state index contributed by atoms with van der Waals surface area (Å²) in [6, 6.07) is 1.93. The number of Topliss-reactive ketones (excluding diaryl/α,β-unsaturated/α-hetero) is 1. The van der Waals surface area contributed by atoms with E-state index in [-0.39, 0.29) is 5.78 Å². The van der Waals surface area contributed by atoms with Crippen molar-refractivity contribution in [2.75, 3.05) is 0 Å². The maximum atomic E-state index is 11.4. The van der Waals surface area contributed by atoms with Crippen LogP contribution in [0.15, 0.2) is 10.7 Å². The summed E-state index contributed by atoms with van der Waals surface area (Å²) in [4.78, 5) is 11.4. The highest BCUT2D eigenvalue weighted by Crippen LogP contribution is 2.26. The van der Waals surface area contributed by atoms with Gasteiger partial charge in [-0.15, -0.1) is 0 Å². The lowest BCUT2D eigenvalue weighted by Crippen LogP contribution is -2.11. The van der Waals surface area contributed by atoms with Gasteiger partial charge in [-0.1, -0.05) is 0 Å². The molecule has 1 heterocycles. The first-order chi connectivity index (χ1) is 5.70. The van der Waals surface area contributed by atoms with E-state index >= 15 is 0 Å². The van der Waals surface area contributed by atoms with Gasteiger partial charge in [-0.05, 0) is 34.8 Å². The molecule has 0 saturated heterocycles. The fourth-order valence-electron chi connectivity index (χ4n) is 1.70. The first-order valence-electron chi connectivity index (χ1n) is 4.07. The van der Waals surface area contributed by atoms with Gasteiger partial charge in [0.1, 0.15) is 0 Å². The van der Waals surface area contributed by atoms with Crippen LogP contribution in [0, 0.1) is 0 Å². The van der Waals surface area contributed by atoms with E-state index in [9.17, 15) is 4.79 Å². The second kappa shape index (κ2) is 2.73. The van der Waals surface area contributed by atoms with Crippen LogP contribution < -0.4 is 0 Å². The normalized spacial score (nSPS) is 16.3. The fraction of sp³-hybridized carbons (Fsp3) is 0.444. The summed E-state index contributed by atoms with van der Waals surface area (Å²) < 4.78 is 3.05. The number of carbonyl (C=O) groups excluding carboxylic acids is 1. The van der Waals surface area contributed by atoms with E-state index in [1.807, 2.05) is 17.7 Å². The maximum Gasteiger partial charge on any atom is 0.164 e. The summed E-state index contributed by atoms with van der Waals surface area (Å²) in [6.07, 6.45) is 2.74. The average Bonchev–Trinajstić information content (AvgIpc) is 2.32. The molecule has 0 fully saturated rings. The van der Waals surface area contributed by atoms with Gasteiger partial charge in [0.25, 0.3) is 0 Å². The zero-order valence-electron chi connectivity index (χ0n) is 6.93. The molecule has 64 valence electrons. The summed E-state index contributed by atoms with van der Waals surface area (Å²) in [7, 11) is 1.99. The number of halogens is 1. The maximum absolute atomic E-state index is 11.4. The molecule has 0 N–H and O–H groups in total. The Labute approximate surface area is 79.7 Å².